The molecular formula is C8H14N4O3S. The molecule has 0 bridgehead atoms. The minimum Gasteiger partial charge on any atom is -0.480 e. The summed E-state index contributed by atoms with van der Waals surface area (Å²) in [7, 11) is 0. The number of ether oxygens (including phenoxy) is 1. The zero-order chi connectivity index (χ0) is 12.0. The Balaban J connectivity index is 2.36. The van der Waals surface area contributed by atoms with Crippen molar-refractivity contribution in [2.24, 2.45) is 0 Å². The molecular weight excluding hydrogens is 232 g/mol. The fourth-order valence-corrected chi connectivity index (χ4v) is 1.65. The Morgan fingerprint density at radius 3 is 3.00 bits per heavy atom. The second kappa shape index (κ2) is 6.44. The van der Waals surface area contributed by atoms with Crippen LogP contribution in [-0.4, -0.2) is 49.7 Å². The predicted octanol–water partition coefficient (Wildman–Crippen LogP) is 0.275. The summed E-state index contributed by atoms with van der Waals surface area (Å²) in [5.74, 6) is -0.273. The Bertz CT molecular complexity index is 342. The first-order valence-corrected chi connectivity index (χ1v) is 5.80. The summed E-state index contributed by atoms with van der Waals surface area (Å²) in [5.41, 5.74) is 0. The SMILES string of the molecule is CC(C)OCCSc1nnnn1CC(=O)O. The van der Waals surface area contributed by atoms with Crippen molar-refractivity contribution in [2.75, 3.05) is 12.4 Å². The molecule has 16 heavy (non-hydrogen) atoms. The number of hydrogen-bond acceptors (Lipinski definition) is 6. The van der Waals surface area contributed by atoms with Crippen LogP contribution in [0, 0.1) is 0 Å². The summed E-state index contributed by atoms with van der Waals surface area (Å²) in [6.45, 7) is 4.28. The summed E-state index contributed by atoms with van der Waals surface area (Å²) >= 11 is 1.38. The summed E-state index contributed by atoms with van der Waals surface area (Å²) in [6, 6.07) is 0. The van der Waals surface area contributed by atoms with Crippen molar-refractivity contribution in [3.63, 3.8) is 0 Å². The van der Waals surface area contributed by atoms with Gasteiger partial charge in [0.1, 0.15) is 6.54 Å². The van der Waals surface area contributed by atoms with E-state index in [-0.39, 0.29) is 12.6 Å². The van der Waals surface area contributed by atoms with E-state index >= 15 is 0 Å². The van der Waals surface area contributed by atoms with Gasteiger partial charge in [-0.1, -0.05) is 11.8 Å². The number of hydrogen-bond donors (Lipinski definition) is 1. The van der Waals surface area contributed by atoms with Crippen LogP contribution >= 0.6 is 11.8 Å². The summed E-state index contributed by atoms with van der Waals surface area (Å²) in [6.07, 6.45) is 0.190. The maximum Gasteiger partial charge on any atom is 0.325 e. The van der Waals surface area contributed by atoms with Crippen LogP contribution in [-0.2, 0) is 16.1 Å². The molecule has 0 aliphatic heterocycles. The molecule has 1 aromatic heterocycles. The second-order valence-electron chi connectivity index (χ2n) is 3.28. The van der Waals surface area contributed by atoms with Crippen molar-refractivity contribution in [2.45, 2.75) is 31.7 Å². The van der Waals surface area contributed by atoms with Crippen LogP contribution in [0.15, 0.2) is 5.16 Å². The first-order valence-electron chi connectivity index (χ1n) is 4.82. The molecule has 0 unspecified atom stereocenters. The fraction of sp³-hybridized carbons (Fsp3) is 0.750. The lowest BCUT2D eigenvalue weighted by Gasteiger charge is -2.06. The van der Waals surface area contributed by atoms with Crippen LogP contribution in [0.4, 0.5) is 0 Å². The van der Waals surface area contributed by atoms with Gasteiger partial charge in [0.25, 0.3) is 0 Å². The zero-order valence-corrected chi connectivity index (χ0v) is 9.98. The van der Waals surface area contributed by atoms with Crippen LogP contribution < -0.4 is 0 Å². The van der Waals surface area contributed by atoms with Crippen molar-refractivity contribution in [3.8, 4) is 0 Å². The van der Waals surface area contributed by atoms with Crippen LogP contribution in [0.2, 0.25) is 0 Å². The number of thioether (sulfide) groups is 1. The Labute approximate surface area is 97.2 Å². The van der Waals surface area contributed by atoms with Crippen molar-refractivity contribution in [1.82, 2.24) is 20.2 Å². The standard InChI is InChI=1S/C8H14N4O3S/c1-6(2)15-3-4-16-8-9-10-11-12(8)5-7(13)14/h6H,3-5H2,1-2H3,(H,13,14). The summed E-state index contributed by atoms with van der Waals surface area (Å²) < 4.78 is 6.60. The third-order valence-corrected chi connectivity index (χ3v) is 2.47. The highest BCUT2D eigenvalue weighted by Crippen LogP contribution is 2.13. The zero-order valence-electron chi connectivity index (χ0n) is 9.16. The van der Waals surface area contributed by atoms with Crippen LogP contribution in [0.5, 0.6) is 0 Å². The van der Waals surface area contributed by atoms with Gasteiger partial charge in [-0.25, -0.2) is 4.68 Å². The van der Waals surface area contributed by atoms with E-state index in [2.05, 4.69) is 15.5 Å². The van der Waals surface area contributed by atoms with E-state index < -0.39 is 5.97 Å². The number of aromatic nitrogens is 4. The minimum absolute atomic E-state index is 0.190. The highest BCUT2D eigenvalue weighted by atomic mass is 32.2. The topological polar surface area (TPSA) is 90.1 Å². The molecule has 8 heteroatoms. The molecule has 90 valence electrons. The highest BCUT2D eigenvalue weighted by molar-refractivity contribution is 7.99. The van der Waals surface area contributed by atoms with E-state index in [1.54, 1.807) is 0 Å². The predicted molar refractivity (Wildman–Crippen MR) is 57.3 cm³/mol. The molecule has 7 nitrogen and oxygen atoms in total. The first-order chi connectivity index (χ1) is 7.59. The smallest absolute Gasteiger partial charge is 0.325 e. The van der Waals surface area contributed by atoms with Gasteiger partial charge in [-0.05, 0) is 24.3 Å². The monoisotopic (exact) mass is 246 g/mol. The van der Waals surface area contributed by atoms with Crippen LogP contribution in [0.3, 0.4) is 0 Å². The first kappa shape index (κ1) is 12.9. The maximum atomic E-state index is 10.5. The molecule has 0 aliphatic carbocycles. The third-order valence-electron chi connectivity index (χ3n) is 1.55. The quantitative estimate of drug-likeness (QED) is 0.545. The van der Waals surface area contributed by atoms with Gasteiger partial charge in [0.2, 0.25) is 5.16 Å². The number of carboxylic acids is 1. The Morgan fingerprint density at radius 1 is 1.62 bits per heavy atom. The average molecular weight is 246 g/mol. The van der Waals surface area contributed by atoms with Crippen LogP contribution in [0.25, 0.3) is 0 Å². The average Bonchev–Trinajstić information content (AvgIpc) is 2.59. The summed E-state index contributed by atoms with van der Waals surface area (Å²) in [5, 5.41) is 19.8. The number of aliphatic carboxylic acids is 1. The van der Waals surface area contributed by atoms with Gasteiger partial charge in [0.05, 0.1) is 12.7 Å². The number of carboxylic acid groups (broad SMARTS) is 1. The Hall–Kier alpha value is -1.15. The molecule has 0 aromatic carbocycles. The normalized spacial score (nSPS) is 10.9. The van der Waals surface area contributed by atoms with E-state index in [1.807, 2.05) is 13.8 Å². The number of carbonyl (C=O) groups is 1. The van der Waals surface area contributed by atoms with Gasteiger partial charge in [-0.3, -0.25) is 4.79 Å². The highest BCUT2D eigenvalue weighted by Gasteiger charge is 2.09. The molecule has 0 saturated carbocycles. The molecule has 0 fully saturated rings. The molecule has 0 amide bonds. The van der Waals surface area contributed by atoms with Crippen molar-refractivity contribution < 1.29 is 14.6 Å². The fourth-order valence-electron chi connectivity index (χ4n) is 0.944. The van der Waals surface area contributed by atoms with Crippen LogP contribution in [0.1, 0.15) is 13.8 Å². The molecule has 1 heterocycles. The van der Waals surface area contributed by atoms with Gasteiger partial charge in [-0.15, -0.1) is 5.10 Å². The van der Waals surface area contributed by atoms with Gasteiger partial charge >= 0.3 is 5.97 Å². The van der Waals surface area contributed by atoms with Gasteiger partial charge in [0.15, 0.2) is 0 Å². The van der Waals surface area contributed by atoms with Gasteiger partial charge < -0.3 is 9.84 Å². The van der Waals surface area contributed by atoms with Gasteiger partial charge in [-0.2, -0.15) is 0 Å². The Morgan fingerprint density at radius 2 is 2.38 bits per heavy atom. The van der Waals surface area contributed by atoms with Crippen molar-refractivity contribution in [3.05, 3.63) is 0 Å². The lowest BCUT2D eigenvalue weighted by molar-refractivity contribution is -0.138. The largest absolute Gasteiger partial charge is 0.480 e. The molecule has 0 aliphatic rings. The van der Waals surface area contributed by atoms with E-state index in [0.717, 1.165) is 0 Å². The van der Waals surface area contributed by atoms with Crippen molar-refractivity contribution in [1.29, 1.82) is 0 Å². The summed E-state index contributed by atoms with van der Waals surface area (Å²) in [4.78, 5) is 10.5. The maximum absolute atomic E-state index is 10.5. The molecule has 1 aromatic rings. The molecule has 1 N–H and O–H groups in total. The molecule has 0 spiro atoms. The van der Waals surface area contributed by atoms with E-state index in [1.165, 1.54) is 16.4 Å². The minimum atomic E-state index is -0.965. The van der Waals surface area contributed by atoms with Crippen molar-refractivity contribution >= 4 is 17.7 Å². The number of rotatable bonds is 7. The third kappa shape index (κ3) is 4.58. The second-order valence-corrected chi connectivity index (χ2v) is 4.34. The lowest BCUT2D eigenvalue weighted by atomic mass is 10.5. The van der Waals surface area contributed by atoms with Gasteiger partial charge in [0, 0.05) is 5.75 Å². The molecule has 0 atom stereocenters. The van der Waals surface area contributed by atoms with E-state index in [4.69, 9.17) is 9.84 Å². The number of nitrogens with zero attached hydrogens (tertiary/aromatic N) is 4. The Kier molecular flexibility index (Phi) is 5.20. The van der Waals surface area contributed by atoms with E-state index in [0.29, 0.717) is 17.5 Å². The lowest BCUT2D eigenvalue weighted by Crippen LogP contribution is -2.12. The van der Waals surface area contributed by atoms with E-state index in [9.17, 15) is 4.79 Å². The molecule has 0 radical (unpaired) electrons. The molecule has 0 saturated heterocycles. The number of tetrazole rings is 1. The molecule has 1 rings (SSSR count).